The molecule has 1 aromatic rings. The van der Waals surface area contributed by atoms with Gasteiger partial charge in [-0.05, 0) is 26.3 Å². The molecule has 0 fully saturated rings. The molecule has 90 valence electrons. The van der Waals surface area contributed by atoms with Gasteiger partial charge in [0.15, 0.2) is 0 Å². The maximum Gasteiger partial charge on any atom is 0.371 e. The predicted molar refractivity (Wildman–Crippen MR) is 58.4 cm³/mol. The van der Waals surface area contributed by atoms with Crippen LogP contribution >= 0.6 is 0 Å². The van der Waals surface area contributed by atoms with Crippen LogP contribution in [0.4, 0.5) is 0 Å². The van der Waals surface area contributed by atoms with Gasteiger partial charge in [-0.15, -0.1) is 0 Å². The van der Waals surface area contributed by atoms with Gasteiger partial charge in [-0.2, -0.15) is 0 Å². The minimum absolute atomic E-state index is 0.0379. The number of carbonyl (C=O) groups is 1. The van der Waals surface area contributed by atoms with Crippen molar-refractivity contribution in [1.29, 1.82) is 0 Å². The summed E-state index contributed by atoms with van der Waals surface area (Å²) < 4.78 is 5.08. The standard InChI is InChI=1S/C11H17NO4/c1-7(3-4-13)12-6-9-5-10(11(14)15)16-8(9)2/h5,7,12-13H,3-4,6H2,1-2H3,(H,14,15). The molecule has 1 atom stereocenters. The number of carboxylic acids is 1. The van der Waals surface area contributed by atoms with Gasteiger partial charge in [0.25, 0.3) is 0 Å². The molecule has 5 nitrogen and oxygen atoms in total. The van der Waals surface area contributed by atoms with Gasteiger partial charge < -0.3 is 19.9 Å². The van der Waals surface area contributed by atoms with Crippen LogP contribution in [-0.4, -0.2) is 28.8 Å². The number of aliphatic hydroxyl groups excluding tert-OH is 1. The Morgan fingerprint density at radius 3 is 2.81 bits per heavy atom. The average molecular weight is 227 g/mol. The topological polar surface area (TPSA) is 82.7 Å². The van der Waals surface area contributed by atoms with E-state index in [0.29, 0.717) is 18.7 Å². The third-order valence-corrected chi connectivity index (χ3v) is 2.43. The van der Waals surface area contributed by atoms with Gasteiger partial charge in [0.2, 0.25) is 5.76 Å². The van der Waals surface area contributed by atoms with Crippen LogP contribution in [0.1, 0.15) is 35.2 Å². The van der Waals surface area contributed by atoms with Gasteiger partial charge in [-0.25, -0.2) is 4.79 Å². The second kappa shape index (κ2) is 5.67. The van der Waals surface area contributed by atoms with Crippen LogP contribution in [0.2, 0.25) is 0 Å². The van der Waals surface area contributed by atoms with Crippen LogP contribution in [0.5, 0.6) is 0 Å². The number of furan rings is 1. The SMILES string of the molecule is Cc1oc(C(=O)O)cc1CNC(C)CCO. The van der Waals surface area contributed by atoms with E-state index in [9.17, 15) is 4.79 Å². The van der Waals surface area contributed by atoms with Gasteiger partial charge in [0, 0.05) is 24.8 Å². The van der Waals surface area contributed by atoms with E-state index >= 15 is 0 Å². The molecule has 1 unspecified atom stereocenters. The fourth-order valence-corrected chi connectivity index (χ4v) is 1.38. The molecule has 16 heavy (non-hydrogen) atoms. The van der Waals surface area contributed by atoms with Crippen LogP contribution in [0, 0.1) is 6.92 Å². The van der Waals surface area contributed by atoms with Crippen LogP contribution in [0.15, 0.2) is 10.5 Å². The first kappa shape index (κ1) is 12.7. The molecule has 1 heterocycles. The zero-order chi connectivity index (χ0) is 12.1. The van der Waals surface area contributed by atoms with Gasteiger partial charge in [0.05, 0.1) is 0 Å². The first-order chi connectivity index (χ1) is 7.54. The Hall–Kier alpha value is -1.33. The van der Waals surface area contributed by atoms with Crippen LogP contribution in [0.3, 0.4) is 0 Å². The largest absolute Gasteiger partial charge is 0.475 e. The second-order valence-corrected chi connectivity index (χ2v) is 3.79. The Balaban J connectivity index is 2.57. The molecule has 1 aromatic heterocycles. The quantitative estimate of drug-likeness (QED) is 0.679. The third-order valence-electron chi connectivity index (χ3n) is 2.43. The number of aliphatic hydroxyl groups is 1. The summed E-state index contributed by atoms with van der Waals surface area (Å²) in [4.78, 5) is 10.7. The van der Waals surface area contributed by atoms with E-state index < -0.39 is 5.97 Å². The lowest BCUT2D eigenvalue weighted by atomic mass is 10.2. The fourth-order valence-electron chi connectivity index (χ4n) is 1.38. The molecule has 0 saturated heterocycles. The summed E-state index contributed by atoms with van der Waals surface area (Å²) in [7, 11) is 0. The zero-order valence-corrected chi connectivity index (χ0v) is 9.49. The summed E-state index contributed by atoms with van der Waals surface area (Å²) >= 11 is 0. The number of hydrogen-bond acceptors (Lipinski definition) is 4. The normalized spacial score (nSPS) is 12.7. The number of rotatable bonds is 6. The molecular weight excluding hydrogens is 210 g/mol. The summed E-state index contributed by atoms with van der Waals surface area (Å²) in [6.07, 6.45) is 0.669. The minimum atomic E-state index is -1.06. The molecule has 0 aliphatic carbocycles. The van der Waals surface area contributed by atoms with Gasteiger partial charge in [-0.1, -0.05) is 0 Å². The van der Waals surface area contributed by atoms with E-state index in [0.717, 1.165) is 5.56 Å². The average Bonchev–Trinajstić information content (AvgIpc) is 2.58. The van der Waals surface area contributed by atoms with Gasteiger partial charge in [-0.3, -0.25) is 0 Å². The van der Waals surface area contributed by atoms with E-state index in [1.807, 2.05) is 6.92 Å². The van der Waals surface area contributed by atoms with Crippen molar-refractivity contribution in [2.75, 3.05) is 6.61 Å². The van der Waals surface area contributed by atoms with Crippen molar-refractivity contribution in [3.63, 3.8) is 0 Å². The van der Waals surface area contributed by atoms with Crippen LogP contribution in [-0.2, 0) is 6.54 Å². The van der Waals surface area contributed by atoms with E-state index in [1.165, 1.54) is 6.07 Å². The third kappa shape index (κ3) is 3.36. The molecule has 0 aliphatic rings. The van der Waals surface area contributed by atoms with Crippen LogP contribution < -0.4 is 5.32 Å². The maximum absolute atomic E-state index is 10.7. The number of carboxylic acid groups (broad SMARTS) is 1. The molecule has 0 aliphatic heterocycles. The van der Waals surface area contributed by atoms with Gasteiger partial charge >= 0.3 is 5.97 Å². The highest BCUT2D eigenvalue weighted by atomic mass is 16.4. The van der Waals surface area contributed by atoms with E-state index in [-0.39, 0.29) is 18.4 Å². The van der Waals surface area contributed by atoms with Crippen molar-refractivity contribution in [3.05, 3.63) is 23.2 Å². The first-order valence-corrected chi connectivity index (χ1v) is 5.21. The van der Waals surface area contributed by atoms with Gasteiger partial charge in [0.1, 0.15) is 5.76 Å². The highest BCUT2D eigenvalue weighted by Gasteiger charge is 2.13. The number of aromatic carboxylic acids is 1. The smallest absolute Gasteiger partial charge is 0.371 e. The Kier molecular flexibility index (Phi) is 4.52. The van der Waals surface area contributed by atoms with Crippen molar-refractivity contribution in [2.24, 2.45) is 0 Å². The summed E-state index contributed by atoms with van der Waals surface area (Å²) in [6, 6.07) is 1.71. The molecule has 0 bridgehead atoms. The summed E-state index contributed by atoms with van der Waals surface area (Å²) in [5, 5.41) is 20.6. The number of aryl methyl sites for hydroxylation is 1. The number of hydrogen-bond donors (Lipinski definition) is 3. The predicted octanol–water partition coefficient (Wildman–Crippen LogP) is 1.15. The monoisotopic (exact) mass is 227 g/mol. The fraction of sp³-hybridized carbons (Fsp3) is 0.545. The highest BCUT2D eigenvalue weighted by molar-refractivity contribution is 5.84. The Morgan fingerprint density at radius 1 is 1.62 bits per heavy atom. The van der Waals surface area contributed by atoms with Crippen molar-refractivity contribution in [2.45, 2.75) is 32.9 Å². The van der Waals surface area contributed by atoms with E-state index in [1.54, 1.807) is 6.92 Å². The zero-order valence-electron chi connectivity index (χ0n) is 9.49. The van der Waals surface area contributed by atoms with Crippen LogP contribution in [0.25, 0.3) is 0 Å². The van der Waals surface area contributed by atoms with Crippen molar-refractivity contribution in [3.8, 4) is 0 Å². The molecule has 0 radical (unpaired) electrons. The van der Waals surface area contributed by atoms with Crippen molar-refractivity contribution < 1.29 is 19.4 Å². The molecule has 3 N–H and O–H groups in total. The Morgan fingerprint density at radius 2 is 2.31 bits per heavy atom. The van der Waals surface area contributed by atoms with E-state index in [2.05, 4.69) is 5.32 Å². The van der Waals surface area contributed by atoms with E-state index in [4.69, 9.17) is 14.6 Å². The highest BCUT2D eigenvalue weighted by Crippen LogP contribution is 2.14. The maximum atomic E-state index is 10.7. The first-order valence-electron chi connectivity index (χ1n) is 5.21. The summed E-state index contributed by atoms with van der Waals surface area (Å²) in [5.74, 6) is -0.483. The minimum Gasteiger partial charge on any atom is -0.475 e. The Labute approximate surface area is 94.1 Å². The number of nitrogens with one attached hydrogen (secondary N) is 1. The second-order valence-electron chi connectivity index (χ2n) is 3.79. The molecule has 0 amide bonds. The molecule has 0 aromatic carbocycles. The van der Waals surface area contributed by atoms with Crippen molar-refractivity contribution >= 4 is 5.97 Å². The van der Waals surface area contributed by atoms with Crippen molar-refractivity contribution in [1.82, 2.24) is 5.32 Å². The Bertz CT molecular complexity index is 359. The molecular formula is C11H17NO4. The summed E-state index contributed by atoms with van der Waals surface area (Å²) in [6.45, 7) is 4.38. The lowest BCUT2D eigenvalue weighted by molar-refractivity contribution is 0.0661. The molecule has 0 saturated carbocycles. The summed E-state index contributed by atoms with van der Waals surface area (Å²) in [5.41, 5.74) is 0.835. The lowest BCUT2D eigenvalue weighted by Gasteiger charge is -2.11. The molecule has 1 rings (SSSR count). The molecule has 0 spiro atoms. The lowest BCUT2D eigenvalue weighted by Crippen LogP contribution is -2.26. The molecule has 5 heteroatoms.